The van der Waals surface area contributed by atoms with Crippen LogP contribution in [0.3, 0.4) is 0 Å². The minimum absolute atomic E-state index is 0.853. The number of methoxy groups -OCH3 is 1. The van der Waals surface area contributed by atoms with Crippen molar-refractivity contribution < 1.29 is 4.74 Å². The second-order valence-electron chi connectivity index (χ2n) is 3.10. The molecule has 1 nitrogen and oxygen atoms in total. The van der Waals surface area contributed by atoms with Crippen LogP contribution >= 0.6 is 0 Å². The first-order chi connectivity index (χ1) is 5.91. The molecule has 0 radical (unpaired) electrons. The fourth-order valence-corrected chi connectivity index (χ4v) is 1.11. The third-order valence-corrected chi connectivity index (χ3v) is 1.88. The number of hydrogen-bond acceptors (Lipinski definition) is 1. The Hall–Kier alpha value is -0.300. The largest absolute Gasteiger partial charge is 0.384 e. The molecular weight excluding hydrogens is 148 g/mol. The van der Waals surface area contributed by atoms with Gasteiger partial charge in [0, 0.05) is 13.7 Å². The predicted molar refractivity (Wildman–Crippen MR) is 54.4 cm³/mol. The first-order valence-corrected chi connectivity index (χ1v) is 5.05. The molecule has 12 heavy (non-hydrogen) atoms. The summed E-state index contributed by atoms with van der Waals surface area (Å²) in [4.78, 5) is 0. The number of unbranched alkanes of at least 4 members (excludes halogenated alkanes) is 4. The summed E-state index contributed by atoms with van der Waals surface area (Å²) in [5.74, 6) is 0. The van der Waals surface area contributed by atoms with Gasteiger partial charge in [0.05, 0.1) is 0 Å². The second-order valence-corrected chi connectivity index (χ2v) is 3.10. The van der Waals surface area contributed by atoms with Gasteiger partial charge < -0.3 is 4.74 Å². The van der Waals surface area contributed by atoms with E-state index in [1.54, 1.807) is 7.11 Å². The van der Waals surface area contributed by atoms with Gasteiger partial charge in [0.2, 0.25) is 0 Å². The molecule has 0 saturated carbocycles. The Morgan fingerprint density at radius 2 is 1.75 bits per heavy atom. The molecular formula is C11H22O. The van der Waals surface area contributed by atoms with Crippen LogP contribution < -0.4 is 0 Å². The summed E-state index contributed by atoms with van der Waals surface area (Å²) < 4.78 is 4.94. The number of rotatable bonds is 8. The molecule has 0 amide bonds. The molecule has 0 unspecified atom stereocenters. The summed E-state index contributed by atoms with van der Waals surface area (Å²) in [5.41, 5.74) is 0. The van der Waals surface area contributed by atoms with Crippen LogP contribution in [0.2, 0.25) is 0 Å². The Kier molecular flexibility index (Phi) is 10.4. The summed E-state index contributed by atoms with van der Waals surface area (Å²) in [5, 5.41) is 0. The van der Waals surface area contributed by atoms with Crippen molar-refractivity contribution in [1.82, 2.24) is 0 Å². The number of hydrogen-bond donors (Lipinski definition) is 0. The molecule has 0 aromatic carbocycles. The number of allylic oxidation sites excluding steroid dienone is 1. The zero-order valence-corrected chi connectivity index (χ0v) is 8.51. The fourth-order valence-electron chi connectivity index (χ4n) is 1.11. The van der Waals surface area contributed by atoms with Gasteiger partial charge >= 0.3 is 0 Å². The average molecular weight is 170 g/mol. The van der Waals surface area contributed by atoms with Crippen LogP contribution in [0.4, 0.5) is 0 Å². The Morgan fingerprint density at radius 3 is 2.42 bits per heavy atom. The van der Waals surface area contributed by atoms with Gasteiger partial charge in [0.25, 0.3) is 0 Å². The smallest absolute Gasteiger partial charge is 0.0496 e. The van der Waals surface area contributed by atoms with Gasteiger partial charge in [-0.1, -0.05) is 38.3 Å². The predicted octanol–water partition coefficient (Wildman–Crippen LogP) is 3.55. The average Bonchev–Trinajstić information content (AvgIpc) is 2.10. The fraction of sp³-hybridized carbons (Fsp3) is 0.818. The van der Waals surface area contributed by atoms with E-state index in [-0.39, 0.29) is 0 Å². The first kappa shape index (κ1) is 11.7. The first-order valence-electron chi connectivity index (χ1n) is 5.05. The molecule has 0 rings (SSSR count). The van der Waals surface area contributed by atoms with Crippen LogP contribution in [0, 0.1) is 0 Å². The van der Waals surface area contributed by atoms with E-state index in [4.69, 9.17) is 4.74 Å². The van der Waals surface area contributed by atoms with Crippen LogP contribution in [0.5, 0.6) is 0 Å². The maximum Gasteiger partial charge on any atom is 0.0496 e. The van der Waals surface area contributed by atoms with Crippen LogP contribution in [-0.2, 0) is 4.74 Å². The van der Waals surface area contributed by atoms with Crippen molar-refractivity contribution in [3.05, 3.63) is 12.2 Å². The lowest BCUT2D eigenvalue weighted by molar-refractivity contribution is 0.204. The zero-order valence-electron chi connectivity index (χ0n) is 8.51. The standard InChI is InChI=1S/C11H22O/c1-3-4-5-6-7-8-9-10-11-12-2/h8-9H,3-7,10-11H2,1-2H3/b9-8-. The number of ether oxygens (including phenoxy) is 1. The topological polar surface area (TPSA) is 9.23 Å². The lowest BCUT2D eigenvalue weighted by Crippen LogP contribution is -1.83. The van der Waals surface area contributed by atoms with Gasteiger partial charge in [0.1, 0.15) is 0 Å². The van der Waals surface area contributed by atoms with E-state index in [9.17, 15) is 0 Å². The molecule has 72 valence electrons. The maximum atomic E-state index is 4.94. The lowest BCUT2D eigenvalue weighted by Gasteiger charge is -1.94. The molecule has 0 bridgehead atoms. The molecule has 0 heterocycles. The molecule has 0 aliphatic carbocycles. The second kappa shape index (κ2) is 10.7. The molecule has 0 atom stereocenters. The minimum atomic E-state index is 0.853. The van der Waals surface area contributed by atoms with E-state index in [1.807, 2.05) is 0 Å². The van der Waals surface area contributed by atoms with Crippen molar-refractivity contribution in [2.24, 2.45) is 0 Å². The molecule has 0 N–H and O–H groups in total. The summed E-state index contributed by atoms with van der Waals surface area (Å²) in [6, 6.07) is 0. The van der Waals surface area contributed by atoms with Crippen LogP contribution in [-0.4, -0.2) is 13.7 Å². The molecule has 0 spiro atoms. The normalized spacial score (nSPS) is 11.2. The van der Waals surface area contributed by atoms with Crippen LogP contribution in [0.25, 0.3) is 0 Å². The third kappa shape index (κ3) is 9.70. The van der Waals surface area contributed by atoms with Crippen molar-refractivity contribution in [3.63, 3.8) is 0 Å². The van der Waals surface area contributed by atoms with Crippen molar-refractivity contribution in [2.45, 2.75) is 45.4 Å². The Bertz CT molecular complexity index is 97.2. The van der Waals surface area contributed by atoms with E-state index >= 15 is 0 Å². The Morgan fingerprint density at radius 1 is 1.00 bits per heavy atom. The third-order valence-electron chi connectivity index (χ3n) is 1.88. The highest BCUT2D eigenvalue weighted by Crippen LogP contribution is 2.02. The molecule has 0 fully saturated rings. The zero-order chi connectivity index (χ0) is 9.07. The summed E-state index contributed by atoms with van der Waals surface area (Å²) >= 11 is 0. The van der Waals surface area contributed by atoms with Crippen LogP contribution in [0.1, 0.15) is 45.4 Å². The summed E-state index contributed by atoms with van der Waals surface area (Å²) in [6.07, 6.45) is 12.2. The summed E-state index contributed by atoms with van der Waals surface area (Å²) in [6.45, 7) is 3.10. The molecule has 0 aliphatic heterocycles. The molecule has 0 aromatic heterocycles. The van der Waals surface area contributed by atoms with Gasteiger partial charge in [-0.05, 0) is 19.3 Å². The maximum absolute atomic E-state index is 4.94. The van der Waals surface area contributed by atoms with Crippen molar-refractivity contribution in [2.75, 3.05) is 13.7 Å². The minimum Gasteiger partial charge on any atom is -0.384 e. The van der Waals surface area contributed by atoms with Gasteiger partial charge in [-0.15, -0.1) is 0 Å². The monoisotopic (exact) mass is 170 g/mol. The lowest BCUT2D eigenvalue weighted by atomic mass is 10.1. The summed E-state index contributed by atoms with van der Waals surface area (Å²) in [7, 11) is 1.75. The van der Waals surface area contributed by atoms with Gasteiger partial charge in [-0.25, -0.2) is 0 Å². The Balaban J connectivity index is 2.92. The SMILES string of the molecule is CCCCCC/C=C\CCOC. The van der Waals surface area contributed by atoms with Crippen molar-refractivity contribution in [1.29, 1.82) is 0 Å². The quantitative estimate of drug-likeness (QED) is 0.400. The van der Waals surface area contributed by atoms with Gasteiger partial charge in [0.15, 0.2) is 0 Å². The van der Waals surface area contributed by atoms with Crippen molar-refractivity contribution in [3.8, 4) is 0 Å². The molecule has 1 heteroatoms. The van der Waals surface area contributed by atoms with E-state index < -0.39 is 0 Å². The molecule has 0 aromatic rings. The van der Waals surface area contributed by atoms with Gasteiger partial charge in [-0.3, -0.25) is 0 Å². The molecule has 0 saturated heterocycles. The van der Waals surface area contributed by atoms with E-state index in [1.165, 1.54) is 32.1 Å². The highest BCUT2D eigenvalue weighted by Gasteiger charge is 1.84. The Labute approximate surface area is 76.8 Å². The van der Waals surface area contributed by atoms with Crippen molar-refractivity contribution >= 4 is 0 Å². The van der Waals surface area contributed by atoms with E-state index in [2.05, 4.69) is 19.1 Å². The highest BCUT2D eigenvalue weighted by molar-refractivity contribution is 4.81. The van der Waals surface area contributed by atoms with Gasteiger partial charge in [-0.2, -0.15) is 0 Å². The van der Waals surface area contributed by atoms with E-state index in [0.717, 1.165) is 13.0 Å². The van der Waals surface area contributed by atoms with Crippen LogP contribution in [0.15, 0.2) is 12.2 Å². The highest BCUT2D eigenvalue weighted by atomic mass is 16.5. The van der Waals surface area contributed by atoms with E-state index in [0.29, 0.717) is 0 Å². The molecule has 0 aliphatic rings.